The molecule has 0 radical (unpaired) electrons. The lowest BCUT2D eigenvalue weighted by molar-refractivity contribution is -0.126. The van der Waals surface area contributed by atoms with Gasteiger partial charge in [0.1, 0.15) is 0 Å². The fraction of sp³-hybridized carbons (Fsp3) is 0.458. The van der Waals surface area contributed by atoms with Gasteiger partial charge in [-0.2, -0.15) is 0 Å². The highest BCUT2D eigenvalue weighted by Gasteiger charge is 2.31. The monoisotopic (exact) mass is 443 g/mol. The zero-order valence-corrected chi connectivity index (χ0v) is 19.3. The van der Waals surface area contributed by atoms with Crippen LogP contribution in [-0.2, 0) is 27.1 Å². The number of hydrogen-bond acceptors (Lipinski definition) is 4. The second kappa shape index (κ2) is 10.8. The molecule has 1 amide bonds. The number of anilines is 1. The van der Waals surface area contributed by atoms with Crippen LogP contribution in [0.4, 0.5) is 5.69 Å². The first-order chi connectivity index (χ1) is 14.9. The van der Waals surface area contributed by atoms with Crippen molar-refractivity contribution < 1.29 is 13.2 Å². The Kier molecular flexibility index (Phi) is 8.09. The largest absolute Gasteiger partial charge is 0.372 e. The summed E-state index contributed by atoms with van der Waals surface area (Å²) in [5.74, 6) is -0.125. The van der Waals surface area contributed by atoms with Gasteiger partial charge < -0.3 is 10.2 Å². The number of nitrogens with zero attached hydrogens (tertiary/aromatic N) is 2. The van der Waals surface area contributed by atoms with Crippen molar-refractivity contribution in [3.8, 4) is 0 Å². The van der Waals surface area contributed by atoms with Crippen LogP contribution in [0.1, 0.15) is 37.8 Å². The minimum Gasteiger partial charge on any atom is -0.372 e. The average Bonchev–Trinajstić information content (AvgIpc) is 2.79. The van der Waals surface area contributed by atoms with E-state index in [0.29, 0.717) is 32.5 Å². The Labute approximate surface area is 186 Å². The number of benzene rings is 2. The molecule has 1 aliphatic rings. The molecule has 168 valence electrons. The maximum atomic E-state index is 12.7. The summed E-state index contributed by atoms with van der Waals surface area (Å²) in [5, 5.41) is 3.02. The van der Waals surface area contributed by atoms with Gasteiger partial charge in [-0.15, -0.1) is 0 Å². The number of rotatable bonds is 9. The molecule has 6 nitrogen and oxygen atoms in total. The lowest BCUT2D eigenvalue weighted by Gasteiger charge is -2.30. The van der Waals surface area contributed by atoms with Crippen molar-refractivity contribution in [1.82, 2.24) is 9.62 Å². The van der Waals surface area contributed by atoms with E-state index < -0.39 is 10.0 Å². The molecule has 1 aliphatic heterocycles. The molecule has 1 heterocycles. The first-order valence-electron chi connectivity index (χ1n) is 11.1. The zero-order valence-electron chi connectivity index (χ0n) is 18.5. The molecule has 2 aromatic rings. The highest BCUT2D eigenvalue weighted by molar-refractivity contribution is 7.88. The quantitative estimate of drug-likeness (QED) is 0.645. The van der Waals surface area contributed by atoms with Gasteiger partial charge in [-0.05, 0) is 49.9 Å². The van der Waals surface area contributed by atoms with E-state index in [2.05, 4.69) is 36.2 Å². The van der Waals surface area contributed by atoms with E-state index in [9.17, 15) is 13.2 Å². The van der Waals surface area contributed by atoms with Gasteiger partial charge in [0, 0.05) is 44.3 Å². The number of hydrogen-bond donors (Lipinski definition) is 1. The Morgan fingerprint density at radius 3 is 2.16 bits per heavy atom. The summed E-state index contributed by atoms with van der Waals surface area (Å²) < 4.78 is 26.9. The van der Waals surface area contributed by atoms with Gasteiger partial charge >= 0.3 is 0 Å². The molecular weight excluding hydrogens is 410 g/mol. The molecule has 7 heteroatoms. The SMILES string of the molecule is CCN(CC)c1ccc(CNC(=O)C2CCN(S(=O)(=O)Cc3ccccc3)CC2)cc1. The van der Waals surface area contributed by atoms with Crippen molar-refractivity contribution in [3.63, 3.8) is 0 Å². The van der Waals surface area contributed by atoms with Crippen LogP contribution >= 0.6 is 0 Å². The van der Waals surface area contributed by atoms with Gasteiger partial charge in [-0.25, -0.2) is 12.7 Å². The molecule has 1 N–H and O–H groups in total. The molecule has 31 heavy (non-hydrogen) atoms. The fourth-order valence-electron chi connectivity index (χ4n) is 4.02. The van der Waals surface area contributed by atoms with Crippen LogP contribution in [0.2, 0.25) is 0 Å². The van der Waals surface area contributed by atoms with Gasteiger partial charge in [0.25, 0.3) is 0 Å². The van der Waals surface area contributed by atoms with Crippen LogP contribution in [0.3, 0.4) is 0 Å². The molecule has 3 rings (SSSR count). The minimum atomic E-state index is -3.36. The molecule has 0 spiro atoms. The average molecular weight is 444 g/mol. The highest BCUT2D eigenvalue weighted by atomic mass is 32.2. The van der Waals surface area contributed by atoms with Crippen molar-refractivity contribution in [2.24, 2.45) is 5.92 Å². The lowest BCUT2D eigenvalue weighted by atomic mass is 9.97. The molecule has 0 aromatic heterocycles. The molecule has 1 saturated heterocycles. The first kappa shape index (κ1) is 23.3. The maximum Gasteiger partial charge on any atom is 0.223 e. The Hall–Kier alpha value is -2.38. The van der Waals surface area contributed by atoms with E-state index in [1.807, 2.05) is 42.5 Å². The van der Waals surface area contributed by atoms with Gasteiger partial charge in [0.15, 0.2) is 0 Å². The van der Waals surface area contributed by atoms with Gasteiger partial charge in [-0.1, -0.05) is 42.5 Å². The predicted octanol–water partition coefficient (Wildman–Crippen LogP) is 3.39. The number of piperidine rings is 1. The van der Waals surface area contributed by atoms with E-state index in [-0.39, 0.29) is 17.6 Å². The van der Waals surface area contributed by atoms with Crippen molar-refractivity contribution >= 4 is 21.6 Å². The Morgan fingerprint density at radius 1 is 0.968 bits per heavy atom. The second-order valence-corrected chi connectivity index (χ2v) is 9.94. The number of carbonyl (C=O) groups is 1. The molecule has 0 unspecified atom stereocenters. The van der Waals surface area contributed by atoms with Crippen LogP contribution in [0.5, 0.6) is 0 Å². The smallest absolute Gasteiger partial charge is 0.223 e. The van der Waals surface area contributed by atoms with E-state index in [1.165, 1.54) is 9.99 Å². The molecule has 0 aliphatic carbocycles. The number of sulfonamides is 1. The minimum absolute atomic E-state index is 0.00734. The Bertz CT molecular complexity index is 934. The Balaban J connectivity index is 1.47. The van der Waals surface area contributed by atoms with Crippen LogP contribution in [-0.4, -0.2) is 44.8 Å². The van der Waals surface area contributed by atoms with Gasteiger partial charge in [0.2, 0.25) is 15.9 Å². The zero-order chi connectivity index (χ0) is 22.3. The normalized spacial score (nSPS) is 15.5. The van der Waals surface area contributed by atoms with Crippen LogP contribution in [0, 0.1) is 5.92 Å². The summed E-state index contributed by atoms with van der Waals surface area (Å²) in [6, 6.07) is 17.5. The molecule has 0 atom stereocenters. The van der Waals surface area contributed by atoms with E-state index in [1.54, 1.807) is 0 Å². The topological polar surface area (TPSA) is 69.7 Å². The number of carbonyl (C=O) groups excluding carboxylic acids is 1. The third-order valence-corrected chi connectivity index (χ3v) is 7.79. The number of nitrogens with one attached hydrogen (secondary N) is 1. The van der Waals surface area contributed by atoms with Crippen molar-refractivity contribution in [2.45, 2.75) is 39.0 Å². The lowest BCUT2D eigenvalue weighted by Crippen LogP contribution is -2.43. The van der Waals surface area contributed by atoms with Crippen LogP contribution in [0.15, 0.2) is 54.6 Å². The summed E-state index contributed by atoms with van der Waals surface area (Å²) in [6.45, 7) is 7.48. The van der Waals surface area contributed by atoms with Crippen molar-refractivity contribution in [1.29, 1.82) is 0 Å². The summed E-state index contributed by atoms with van der Waals surface area (Å²) >= 11 is 0. The molecule has 0 bridgehead atoms. The summed E-state index contributed by atoms with van der Waals surface area (Å²) in [4.78, 5) is 14.9. The molecule has 1 fully saturated rings. The molecule has 0 saturated carbocycles. The third kappa shape index (κ3) is 6.31. The highest BCUT2D eigenvalue weighted by Crippen LogP contribution is 2.22. The summed E-state index contributed by atoms with van der Waals surface area (Å²) in [7, 11) is -3.36. The maximum absolute atomic E-state index is 12.7. The van der Waals surface area contributed by atoms with E-state index in [4.69, 9.17) is 0 Å². The standard InChI is InChI=1S/C24H33N3O3S/c1-3-26(4-2)23-12-10-20(11-13-23)18-25-24(28)22-14-16-27(17-15-22)31(29,30)19-21-8-6-5-7-9-21/h5-13,22H,3-4,14-19H2,1-2H3,(H,25,28). The Morgan fingerprint density at radius 2 is 1.58 bits per heavy atom. The molecule has 2 aromatic carbocycles. The first-order valence-corrected chi connectivity index (χ1v) is 12.7. The summed E-state index contributed by atoms with van der Waals surface area (Å²) in [6.07, 6.45) is 1.11. The van der Waals surface area contributed by atoms with Crippen molar-refractivity contribution in [3.05, 3.63) is 65.7 Å². The van der Waals surface area contributed by atoms with Crippen LogP contribution < -0.4 is 10.2 Å². The van der Waals surface area contributed by atoms with Crippen LogP contribution in [0.25, 0.3) is 0 Å². The van der Waals surface area contributed by atoms with E-state index in [0.717, 1.165) is 24.2 Å². The summed E-state index contributed by atoms with van der Waals surface area (Å²) in [5.41, 5.74) is 3.03. The fourth-order valence-corrected chi connectivity index (χ4v) is 5.58. The third-order valence-electron chi connectivity index (χ3n) is 5.94. The number of amides is 1. The second-order valence-electron chi connectivity index (χ2n) is 7.97. The van der Waals surface area contributed by atoms with E-state index >= 15 is 0 Å². The van der Waals surface area contributed by atoms with Gasteiger partial charge in [-0.3, -0.25) is 4.79 Å². The van der Waals surface area contributed by atoms with Crippen molar-refractivity contribution in [2.75, 3.05) is 31.1 Å². The molecular formula is C24H33N3O3S. The van der Waals surface area contributed by atoms with Gasteiger partial charge in [0.05, 0.1) is 5.75 Å². The predicted molar refractivity (Wildman–Crippen MR) is 125 cm³/mol.